The van der Waals surface area contributed by atoms with E-state index in [0.29, 0.717) is 40.3 Å². The number of carbonyl (C=O) groups is 3. The lowest BCUT2D eigenvalue weighted by molar-refractivity contribution is -0.118. The van der Waals surface area contributed by atoms with Crippen LogP contribution >= 0.6 is 0 Å². The highest BCUT2D eigenvalue weighted by molar-refractivity contribution is 6.10. The van der Waals surface area contributed by atoms with Crippen molar-refractivity contribution in [1.82, 2.24) is 14.9 Å². The summed E-state index contributed by atoms with van der Waals surface area (Å²) in [5.74, 6) is -0.776. The van der Waals surface area contributed by atoms with Crippen LogP contribution < -0.4 is 21.5 Å². The van der Waals surface area contributed by atoms with Gasteiger partial charge < -0.3 is 16.0 Å². The Morgan fingerprint density at radius 1 is 1.15 bits per heavy atom. The predicted octanol–water partition coefficient (Wildman–Crippen LogP) is 2.52. The highest BCUT2D eigenvalue weighted by Crippen LogP contribution is 2.20. The Morgan fingerprint density at radius 2 is 1.94 bits per heavy atom. The summed E-state index contributed by atoms with van der Waals surface area (Å²) >= 11 is 0. The number of benzene rings is 2. The summed E-state index contributed by atoms with van der Waals surface area (Å²) in [4.78, 5) is 54.5. The van der Waals surface area contributed by atoms with Crippen LogP contribution in [0.4, 0.5) is 11.4 Å². The summed E-state index contributed by atoms with van der Waals surface area (Å²) in [5, 5.41) is 8.58. The van der Waals surface area contributed by atoms with Crippen LogP contribution in [0.1, 0.15) is 37.0 Å². The smallest absolute Gasteiger partial charge is 0.261 e. The standard InChI is InChI=1S/C24H25N5O4/c1-14(2)12-29-13-25-18-8-7-15(11-17(18)24(29)33)26-21(30)10-9-20-23(32)27-19-6-4-3-5-16(19)22(31)28-20/h3-8,11,13-14,20H,9-10,12H2,1-2H3,(H,26,30)(H,27,32)(H,28,31)/t20-/m1/s1. The van der Waals surface area contributed by atoms with Gasteiger partial charge in [-0.25, -0.2) is 4.98 Å². The highest BCUT2D eigenvalue weighted by Gasteiger charge is 2.27. The minimum Gasteiger partial charge on any atom is -0.340 e. The molecule has 3 aromatic rings. The maximum atomic E-state index is 12.8. The molecule has 9 heteroatoms. The van der Waals surface area contributed by atoms with Gasteiger partial charge in [-0.1, -0.05) is 26.0 Å². The van der Waals surface area contributed by atoms with Gasteiger partial charge in [0.05, 0.1) is 28.5 Å². The van der Waals surface area contributed by atoms with Crippen LogP contribution in [0.2, 0.25) is 0 Å². The van der Waals surface area contributed by atoms with E-state index in [1.807, 2.05) is 13.8 Å². The van der Waals surface area contributed by atoms with Crippen LogP contribution in [-0.4, -0.2) is 33.3 Å². The van der Waals surface area contributed by atoms with Crippen molar-refractivity contribution >= 4 is 40.0 Å². The van der Waals surface area contributed by atoms with Crippen LogP contribution in [0.15, 0.2) is 53.6 Å². The summed E-state index contributed by atoms with van der Waals surface area (Å²) in [6, 6.07) is 10.9. The van der Waals surface area contributed by atoms with Crippen molar-refractivity contribution in [3.05, 3.63) is 64.7 Å². The second-order valence-electron chi connectivity index (χ2n) is 8.48. The van der Waals surface area contributed by atoms with E-state index in [2.05, 4.69) is 20.9 Å². The summed E-state index contributed by atoms with van der Waals surface area (Å²) in [6.45, 7) is 4.59. The number of hydrogen-bond donors (Lipinski definition) is 3. The minimum atomic E-state index is -0.834. The summed E-state index contributed by atoms with van der Waals surface area (Å²) in [7, 11) is 0. The molecule has 0 aliphatic carbocycles. The van der Waals surface area contributed by atoms with Crippen molar-refractivity contribution in [2.45, 2.75) is 39.3 Å². The number of fused-ring (bicyclic) bond motifs is 2. The average Bonchev–Trinajstić information content (AvgIpc) is 2.90. The molecule has 9 nitrogen and oxygen atoms in total. The van der Waals surface area contributed by atoms with Gasteiger partial charge in [0.1, 0.15) is 6.04 Å². The van der Waals surface area contributed by atoms with Crippen molar-refractivity contribution in [3.63, 3.8) is 0 Å². The Labute approximate surface area is 190 Å². The van der Waals surface area contributed by atoms with Gasteiger partial charge in [-0.2, -0.15) is 0 Å². The van der Waals surface area contributed by atoms with Gasteiger partial charge >= 0.3 is 0 Å². The molecular weight excluding hydrogens is 422 g/mol. The molecule has 0 saturated heterocycles. The molecule has 3 N–H and O–H groups in total. The molecule has 0 fully saturated rings. The van der Waals surface area contributed by atoms with Crippen LogP contribution in [0.5, 0.6) is 0 Å². The van der Waals surface area contributed by atoms with E-state index in [4.69, 9.17) is 0 Å². The topological polar surface area (TPSA) is 122 Å². The number of rotatable bonds is 6. The molecule has 4 rings (SSSR count). The molecule has 0 spiro atoms. The summed E-state index contributed by atoms with van der Waals surface area (Å²) in [6.07, 6.45) is 1.68. The molecule has 3 amide bonds. The number of nitrogens with zero attached hydrogens (tertiary/aromatic N) is 2. The van der Waals surface area contributed by atoms with Crippen molar-refractivity contribution in [1.29, 1.82) is 0 Å². The van der Waals surface area contributed by atoms with E-state index >= 15 is 0 Å². The minimum absolute atomic E-state index is 0.0113. The second kappa shape index (κ2) is 9.23. The molecule has 0 unspecified atom stereocenters. The number of nitrogens with one attached hydrogen (secondary N) is 3. The quantitative estimate of drug-likeness (QED) is 0.536. The monoisotopic (exact) mass is 447 g/mol. The van der Waals surface area contributed by atoms with Crippen molar-refractivity contribution in [3.8, 4) is 0 Å². The highest BCUT2D eigenvalue weighted by atomic mass is 16.2. The lowest BCUT2D eigenvalue weighted by Gasteiger charge is -2.14. The summed E-state index contributed by atoms with van der Waals surface area (Å²) in [5.41, 5.74) is 1.68. The first-order chi connectivity index (χ1) is 15.8. The molecule has 33 heavy (non-hydrogen) atoms. The third kappa shape index (κ3) is 4.92. The van der Waals surface area contributed by atoms with E-state index < -0.39 is 6.04 Å². The number of amides is 3. The zero-order valence-electron chi connectivity index (χ0n) is 18.4. The number of hydrogen-bond acceptors (Lipinski definition) is 5. The van der Waals surface area contributed by atoms with E-state index in [1.165, 1.54) is 6.33 Å². The predicted molar refractivity (Wildman–Crippen MR) is 125 cm³/mol. The molecule has 170 valence electrons. The fraction of sp³-hybridized carbons (Fsp3) is 0.292. The molecule has 0 bridgehead atoms. The molecule has 2 heterocycles. The zero-order valence-corrected chi connectivity index (χ0v) is 18.4. The van der Waals surface area contributed by atoms with E-state index in [1.54, 1.807) is 47.0 Å². The molecule has 0 saturated carbocycles. The second-order valence-corrected chi connectivity index (χ2v) is 8.48. The largest absolute Gasteiger partial charge is 0.340 e. The lowest BCUT2D eigenvalue weighted by Crippen LogP contribution is -2.41. The zero-order chi connectivity index (χ0) is 23.5. The third-order valence-electron chi connectivity index (χ3n) is 5.38. The number of aromatic nitrogens is 2. The van der Waals surface area contributed by atoms with E-state index in [9.17, 15) is 19.2 Å². The number of para-hydroxylation sites is 1. The van der Waals surface area contributed by atoms with Gasteiger partial charge in [-0.05, 0) is 42.7 Å². The third-order valence-corrected chi connectivity index (χ3v) is 5.38. The van der Waals surface area contributed by atoms with E-state index in [0.717, 1.165) is 0 Å². The first-order valence-corrected chi connectivity index (χ1v) is 10.8. The van der Waals surface area contributed by atoms with Crippen molar-refractivity contribution in [2.75, 3.05) is 10.6 Å². The number of anilines is 2. The van der Waals surface area contributed by atoms with Gasteiger partial charge in [-0.3, -0.25) is 23.7 Å². The maximum absolute atomic E-state index is 12.8. The Hall–Kier alpha value is -4.01. The fourth-order valence-electron chi connectivity index (χ4n) is 3.77. The van der Waals surface area contributed by atoms with Gasteiger partial charge in [0.15, 0.2) is 0 Å². The van der Waals surface area contributed by atoms with Gasteiger partial charge in [0.25, 0.3) is 11.5 Å². The Kier molecular flexibility index (Phi) is 6.21. The molecule has 1 aromatic heterocycles. The van der Waals surface area contributed by atoms with E-state index in [-0.39, 0.29) is 36.1 Å². The lowest BCUT2D eigenvalue weighted by atomic mass is 10.1. The molecule has 1 atom stereocenters. The molecule has 2 aromatic carbocycles. The molecule has 0 radical (unpaired) electrons. The van der Waals surface area contributed by atoms with Gasteiger partial charge in [0.2, 0.25) is 11.8 Å². The fourth-order valence-corrected chi connectivity index (χ4v) is 3.77. The van der Waals surface area contributed by atoms with Crippen molar-refractivity contribution in [2.24, 2.45) is 5.92 Å². The van der Waals surface area contributed by atoms with Crippen LogP contribution in [0.3, 0.4) is 0 Å². The van der Waals surface area contributed by atoms with Crippen molar-refractivity contribution < 1.29 is 14.4 Å². The Bertz CT molecular complexity index is 1300. The Morgan fingerprint density at radius 3 is 2.73 bits per heavy atom. The summed E-state index contributed by atoms with van der Waals surface area (Å²) < 4.78 is 1.56. The van der Waals surface area contributed by atoms with Crippen LogP contribution in [-0.2, 0) is 16.1 Å². The first-order valence-electron chi connectivity index (χ1n) is 10.8. The first kappa shape index (κ1) is 22.2. The molecule has 1 aliphatic rings. The molecular formula is C24H25N5O4. The van der Waals surface area contributed by atoms with Crippen LogP contribution in [0, 0.1) is 5.92 Å². The Balaban J connectivity index is 1.42. The maximum Gasteiger partial charge on any atom is 0.261 e. The van der Waals surface area contributed by atoms with Crippen LogP contribution in [0.25, 0.3) is 10.9 Å². The average molecular weight is 447 g/mol. The SMILES string of the molecule is CC(C)Cn1cnc2ccc(NC(=O)CC[C@H]3NC(=O)c4ccccc4NC3=O)cc2c1=O. The number of carbonyl (C=O) groups excluding carboxylic acids is 3. The molecule has 1 aliphatic heterocycles. The van der Waals surface area contributed by atoms with Gasteiger partial charge in [0, 0.05) is 18.7 Å². The van der Waals surface area contributed by atoms with Gasteiger partial charge in [-0.15, -0.1) is 0 Å². The normalized spacial score (nSPS) is 15.5.